The maximum absolute atomic E-state index is 5.22. The van der Waals surface area contributed by atoms with Crippen LogP contribution < -0.4 is 0 Å². The molecule has 6 nitrogen and oxygen atoms in total. The maximum Gasteiger partial charge on any atom is 0.164 e. The number of pyridine rings is 1. The molecule has 6 heteroatoms. The molecular formula is C64H44N6. The van der Waals surface area contributed by atoms with Crippen LogP contribution in [0.2, 0.25) is 0 Å². The van der Waals surface area contributed by atoms with Crippen LogP contribution in [0, 0.1) is 13.8 Å². The lowest BCUT2D eigenvalue weighted by Gasteiger charge is -2.17. The molecule has 4 heterocycles. The van der Waals surface area contributed by atoms with Crippen LogP contribution in [-0.2, 0) is 0 Å². The first kappa shape index (κ1) is 41.0. The van der Waals surface area contributed by atoms with Crippen molar-refractivity contribution >= 4 is 43.6 Å². The smallest absolute Gasteiger partial charge is 0.164 e. The second-order valence-electron chi connectivity index (χ2n) is 18.0. The van der Waals surface area contributed by atoms with Crippen LogP contribution in [0.3, 0.4) is 0 Å². The molecular weight excluding hydrogens is 853 g/mol. The van der Waals surface area contributed by atoms with Crippen molar-refractivity contribution in [1.29, 1.82) is 0 Å². The van der Waals surface area contributed by atoms with Crippen molar-refractivity contribution in [3.8, 4) is 79.0 Å². The van der Waals surface area contributed by atoms with Crippen LogP contribution in [0.4, 0.5) is 0 Å². The topological polar surface area (TPSA) is 61.4 Å². The Kier molecular flexibility index (Phi) is 9.84. The summed E-state index contributed by atoms with van der Waals surface area (Å²) in [6.07, 6.45) is 1.94. The number of para-hydroxylation sites is 2. The van der Waals surface area contributed by atoms with Gasteiger partial charge in [-0.15, -0.1) is 0 Å². The van der Waals surface area contributed by atoms with E-state index in [0.717, 1.165) is 61.4 Å². The van der Waals surface area contributed by atoms with E-state index in [-0.39, 0.29) is 0 Å². The zero-order valence-corrected chi connectivity index (χ0v) is 38.6. The Hall–Kier alpha value is -9.26. The van der Waals surface area contributed by atoms with Crippen molar-refractivity contribution in [2.75, 3.05) is 0 Å². The molecule has 0 saturated heterocycles. The van der Waals surface area contributed by atoms with Gasteiger partial charge in [-0.2, -0.15) is 0 Å². The van der Waals surface area contributed by atoms with Crippen LogP contribution in [0.15, 0.2) is 231 Å². The van der Waals surface area contributed by atoms with Crippen LogP contribution in [0.5, 0.6) is 0 Å². The molecule has 9 aromatic carbocycles. The third-order valence-electron chi connectivity index (χ3n) is 13.7. The highest BCUT2D eigenvalue weighted by atomic mass is 15.0. The molecule has 0 amide bonds. The average Bonchev–Trinajstić information content (AvgIpc) is 3.93. The summed E-state index contributed by atoms with van der Waals surface area (Å²) in [6, 6.07) is 79.5. The highest BCUT2D eigenvalue weighted by Crippen LogP contribution is 2.41. The SMILES string of the molecule is Cc1ccccc1-c1ccc2c(c1)c1ccccc1n2-c1ccnc(-c2cc(-c3nc(-c4ccccc4)nc(-c4ccccc4)n3)ccc2-n2c3ccccc3c3cc(-c4ccccc4C)ccc32)c1. The Morgan fingerprint density at radius 2 is 0.771 bits per heavy atom. The molecule has 13 rings (SSSR count). The number of nitrogens with zero attached hydrogens (tertiary/aromatic N) is 6. The number of hydrogen-bond acceptors (Lipinski definition) is 4. The molecule has 4 aromatic heterocycles. The highest BCUT2D eigenvalue weighted by molar-refractivity contribution is 6.12. The Morgan fingerprint density at radius 1 is 0.314 bits per heavy atom. The van der Waals surface area contributed by atoms with Crippen LogP contribution in [0.1, 0.15) is 11.1 Å². The van der Waals surface area contributed by atoms with Crippen molar-refractivity contribution < 1.29 is 0 Å². The van der Waals surface area contributed by atoms with Crippen LogP contribution in [-0.4, -0.2) is 29.1 Å². The fourth-order valence-electron chi connectivity index (χ4n) is 10.3. The van der Waals surface area contributed by atoms with E-state index < -0.39 is 0 Å². The molecule has 0 radical (unpaired) electrons. The van der Waals surface area contributed by atoms with Crippen LogP contribution >= 0.6 is 0 Å². The number of aryl methyl sites for hydroxylation is 2. The summed E-state index contributed by atoms with van der Waals surface area (Å²) >= 11 is 0. The molecule has 0 bridgehead atoms. The first-order valence-electron chi connectivity index (χ1n) is 23.7. The summed E-state index contributed by atoms with van der Waals surface area (Å²) < 4.78 is 4.77. The number of fused-ring (bicyclic) bond motifs is 6. The largest absolute Gasteiger partial charge is 0.309 e. The van der Waals surface area contributed by atoms with Gasteiger partial charge in [0.2, 0.25) is 0 Å². The van der Waals surface area contributed by atoms with Crippen molar-refractivity contribution in [1.82, 2.24) is 29.1 Å². The van der Waals surface area contributed by atoms with Gasteiger partial charge in [-0.05, 0) is 114 Å². The lowest BCUT2D eigenvalue weighted by Crippen LogP contribution is -2.03. The quantitative estimate of drug-likeness (QED) is 0.152. The Morgan fingerprint density at radius 3 is 1.34 bits per heavy atom. The fraction of sp³-hybridized carbons (Fsp3) is 0.0312. The number of hydrogen-bond donors (Lipinski definition) is 0. The van der Waals surface area contributed by atoms with E-state index in [1.54, 1.807) is 0 Å². The molecule has 0 unspecified atom stereocenters. The zero-order valence-electron chi connectivity index (χ0n) is 38.6. The Labute approximate surface area is 405 Å². The molecule has 0 spiro atoms. The van der Waals surface area contributed by atoms with E-state index in [2.05, 4.69) is 187 Å². The molecule has 0 aliphatic heterocycles. The van der Waals surface area contributed by atoms with Gasteiger partial charge in [0.25, 0.3) is 0 Å². The molecule has 0 aliphatic rings. The summed E-state index contributed by atoms with van der Waals surface area (Å²) in [5.74, 6) is 1.80. The Bertz CT molecular complexity index is 4090. The summed E-state index contributed by atoms with van der Waals surface area (Å²) in [5.41, 5.74) is 18.3. The van der Waals surface area contributed by atoms with Gasteiger partial charge in [-0.25, -0.2) is 15.0 Å². The van der Waals surface area contributed by atoms with Gasteiger partial charge < -0.3 is 9.13 Å². The monoisotopic (exact) mass is 896 g/mol. The van der Waals surface area contributed by atoms with Gasteiger partial charge in [0.15, 0.2) is 17.5 Å². The normalized spacial score (nSPS) is 11.6. The predicted octanol–water partition coefficient (Wildman–Crippen LogP) is 16.1. The molecule has 0 saturated carbocycles. The third kappa shape index (κ3) is 6.96. The second-order valence-corrected chi connectivity index (χ2v) is 18.0. The first-order chi connectivity index (χ1) is 34.5. The highest BCUT2D eigenvalue weighted by Gasteiger charge is 2.22. The Balaban J connectivity index is 1.05. The second kappa shape index (κ2) is 16.8. The molecule has 0 N–H and O–H groups in total. The van der Waals surface area contributed by atoms with E-state index >= 15 is 0 Å². The predicted molar refractivity (Wildman–Crippen MR) is 288 cm³/mol. The zero-order chi connectivity index (χ0) is 46.7. The molecule has 0 atom stereocenters. The van der Waals surface area contributed by atoms with E-state index in [0.29, 0.717) is 17.5 Å². The molecule has 0 aliphatic carbocycles. The van der Waals surface area contributed by atoms with Crippen molar-refractivity contribution in [3.05, 3.63) is 242 Å². The summed E-state index contributed by atoms with van der Waals surface area (Å²) in [6.45, 7) is 4.36. The summed E-state index contributed by atoms with van der Waals surface area (Å²) in [7, 11) is 0. The minimum absolute atomic E-state index is 0.577. The number of rotatable bonds is 8. The van der Waals surface area contributed by atoms with E-state index in [1.165, 1.54) is 54.9 Å². The molecule has 330 valence electrons. The number of benzene rings is 9. The van der Waals surface area contributed by atoms with E-state index in [9.17, 15) is 0 Å². The van der Waals surface area contributed by atoms with Gasteiger partial charge in [0, 0.05) is 55.7 Å². The maximum atomic E-state index is 5.22. The standard InChI is InChI=1S/C64H44N6/c1-41-17-9-11-23-49(41)45-29-32-59-53(37-45)51-25-13-15-27-57(51)69(59)48-35-36-65-56(40-48)55-39-47(64-67-62(43-19-5-3-6-20-43)66-63(68-64)44-21-7-4-8-22-44)31-34-61(55)70-58-28-16-14-26-52(58)54-38-46(30-33-60(54)70)50-24-12-10-18-42(50)2/h3-40H,1-2H3. The van der Waals surface area contributed by atoms with Gasteiger partial charge >= 0.3 is 0 Å². The van der Waals surface area contributed by atoms with Crippen molar-refractivity contribution in [3.63, 3.8) is 0 Å². The van der Waals surface area contributed by atoms with Crippen LogP contribution in [0.25, 0.3) is 123 Å². The van der Waals surface area contributed by atoms with Gasteiger partial charge in [0.1, 0.15) is 0 Å². The van der Waals surface area contributed by atoms with Crippen molar-refractivity contribution in [2.45, 2.75) is 13.8 Å². The van der Waals surface area contributed by atoms with E-state index in [4.69, 9.17) is 19.9 Å². The average molecular weight is 897 g/mol. The van der Waals surface area contributed by atoms with Crippen molar-refractivity contribution in [2.24, 2.45) is 0 Å². The molecule has 70 heavy (non-hydrogen) atoms. The summed E-state index contributed by atoms with van der Waals surface area (Å²) in [4.78, 5) is 20.6. The fourth-order valence-corrected chi connectivity index (χ4v) is 10.3. The minimum atomic E-state index is 0.577. The number of aromatic nitrogens is 6. The lowest BCUT2D eigenvalue weighted by molar-refractivity contribution is 1.07. The molecule has 0 fully saturated rings. The lowest BCUT2D eigenvalue weighted by atomic mass is 9.99. The minimum Gasteiger partial charge on any atom is -0.309 e. The van der Waals surface area contributed by atoms with Gasteiger partial charge in [-0.3, -0.25) is 4.98 Å². The van der Waals surface area contributed by atoms with Gasteiger partial charge in [0.05, 0.1) is 33.4 Å². The summed E-state index contributed by atoms with van der Waals surface area (Å²) in [5, 5.41) is 4.76. The first-order valence-corrected chi connectivity index (χ1v) is 23.7. The third-order valence-corrected chi connectivity index (χ3v) is 13.7. The van der Waals surface area contributed by atoms with Gasteiger partial charge in [-0.1, -0.05) is 158 Å². The van der Waals surface area contributed by atoms with E-state index in [1.807, 2.05) is 66.9 Å². The molecule has 13 aromatic rings.